The lowest BCUT2D eigenvalue weighted by Crippen LogP contribution is -2.48. The number of hydrogen-bond acceptors (Lipinski definition) is 1. The summed E-state index contributed by atoms with van der Waals surface area (Å²) in [5, 5.41) is 0. The molecule has 0 bridgehead atoms. The van der Waals surface area contributed by atoms with E-state index in [0.717, 1.165) is 53.6 Å². The van der Waals surface area contributed by atoms with E-state index in [1.165, 1.54) is 37.6 Å². The van der Waals surface area contributed by atoms with Crippen molar-refractivity contribution in [1.82, 2.24) is 0 Å². The van der Waals surface area contributed by atoms with Crippen LogP contribution in [0.4, 0.5) is 0 Å². The third-order valence-corrected chi connectivity index (χ3v) is 21.3. The average Bonchev–Trinajstić information content (AvgIpc) is 3.48. The molecule has 0 saturated heterocycles. The molecule has 5 saturated carbocycles. The average molecular weight is 631 g/mol. The summed E-state index contributed by atoms with van der Waals surface area (Å²) in [6, 6.07) is 3.31. The van der Waals surface area contributed by atoms with Gasteiger partial charge in [0, 0.05) is 14.7 Å². The van der Waals surface area contributed by atoms with Gasteiger partial charge in [0.05, 0.1) is 13.7 Å². The Morgan fingerprint density at radius 2 is 1.07 bits per heavy atom. The highest BCUT2D eigenvalue weighted by molar-refractivity contribution is 6.81. The second-order valence-electron chi connectivity index (χ2n) is 19.1. The summed E-state index contributed by atoms with van der Waals surface area (Å²) < 4.78 is 6.08. The second-order valence-corrected chi connectivity index (χ2v) is 29.5. The Morgan fingerprint density at radius 3 is 1.58 bits per heavy atom. The largest absolute Gasteiger partial charge is 0.376 e. The quantitative estimate of drug-likeness (QED) is 0.163. The topological polar surface area (TPSA) is 9.23 Å². The first-order chi connectivity index (χ1) is 20.4. The molecule has 43 heavy (non-hydrogen) atoms. The van der Waals surface area contributed by atoms with Crippen LogP contribution in [0.25, 0.3) is 0 Å². The first-order valence-corrected chi connectivity index (χ1v) is 26.6. The minimum atomic E-state index is -1.44. The molecule has 8 unspecified atom stereocenters. The summed E-state index contributed by atoms with van der Waals surface area (Å²) in [6.45, 7) is 22.9. The van der Waals surface area contributed by atoms with Crippen LogP contribution < -0.4 is 0 Å². The number of ether oxygens (including phenoxy) is 1. The Hall–Kier alpha value is 0.394. The molecule has 1 nitrogen and oxygen atoms in total. The molecule has 5 fully saturated rings. The maximum absolute atomic E-state index is 6.08. The zero-order valence-electron chi connectivity index (χ0n) is 31.0. The van der Waals surface area contributed by atoms with Crippen molar-refractivity contribution < 1.29 is 4.74 Å². The van der Waals surface area contributed by atoms with Crippen LogP contribution in [-0.4, -0.2) is 28.4 Å². The lowest BCUT2D eigenvalue weighted by Gasteiger charge is -2.49. The minimum absolute atomic E-state index is 0.0203. The molecule has 0 aliphatic heterocycles. The predicted molar refractivity (Wildman–Crippen MR) is 197 cm³/mol. The van der Waals surface area contributed by atoms with Gasteiger partial charge in [-0.15, -0.1) is 0 Å². The van der Waals surface area contributed by atoms with Gasteiger partial charge in [-0.3, -0.25) is 0 Å². The Morgan fingerprint density at radius 1 is 0.605 bits per heavy atom. The van der Waals surface area contributed by atoms with Gasteiger partial charge in [-0.05, 0) is 105 Å². The van der Waals surface area contributed by atoms with Crippen molar-refractivity contribution in [3.8, 4) is 0 Å². The number of unbranched alkanes of at least 4 members (excludes halogenated alkanes) is 3. The monoisotopic (exact) mass is 631 g/mol. The molecule has 0 N–H and O–H groups in total. The second kappa shape index (κ2) is 16.0. The third-order valence-electron chi connectivity index (χ3n) is 13.4. The molecule has 0 spiro atoms. The molecule has 9 atom stereocenters. The van der Waals surface area contributed by atoms with Gasteiger partial charge in [-0.1, -0.05) is 136 Å². The van der Waals surface area contributed by atoms with E-state index >= 15 is 0 Å². The molecule has 0 amide bonds. The highest BCUT2D eigenvalue weighted by Crippen LogP contribution is 2.69. The number of hydrogen-bond donors (Lipinski definition) is 0. The Bertz CT molecular complexity index is 790. The summed E-state index contributed by atoms with van der Waals surface area (Å²) in [6.07, 6.45) is 27.6. The normalized spacial score (nSPS) is 37.5. The maximum atomic E-state index is 6.08. The summed E-state index contributed by atoms with van der Waals surface area (Å²) in [5.74, 6) is 7.86. The molecule has 0 radical (unpaired) electrons. The van der Waals surface area contributed by atoms with E-state index in [1.807, 2.05) is 0 Å². The fraction of sp³-hybridized carbons (Fsp3) is 1.00. The van der Waals surface area contributed by atoms with Gasteiger partial charge >= 0.3 is 0 Å². The van der Waals surface area contributed by atoms with Crippen LogP contribution in [0.1, 0.15) is 150 Å². The van der Waals surface area contributed by atoms with E-state index in [1.54, 1.807) is 95.6 Å². The standard InChI is InChI=1S/C37H70OSi2.C3H8/c1-37(2,3)38-24-16-8-9-17-25-40(7,35-26-28(27-39(4,5)6)29-18-10-13-21-32(29)35)36-33-22-14-11-19-30(33)31-20-12-15-23-34(31)36;1-3-2/h28-36H,8-27H2,1-7H3;3H2,1-2H3/t28?,29?,30?,31?,32?,33?,34?,35?,36?,40-;/m0./s1. The molecule has 0 aromatic carbocycles. The number of fused-ring (bicyclic) bond motifs is 4. The van der Waals surface area contributed by atoms with Gasteiger partial charge in [0.2, 0.25) is 0 Å². The van der Waals surface area contributed by atoms with Crippen LogP contribution in [0.2, 0.25) is 49.4 Å². The van der Waals surface area contributed by atoms with Crippen molar-refractivity contribution in [2.45, 2.75) is 205 Å². The van der Waals surface area contributed by atoms with Crippen molar-refractivity contribution in [3.05, 3.63) is 0 Å². The Labute approximate surface area is 273 Å². The summed E-state index contributed by atoms with van der Waals surface area (Å²) >= 11 is 0. The van der Waals surface area contributed by atoms with E-state index in [9.17, 15) is 0 Å². The van der Waals surface area contributed by atoms with Crippen molar-refractivity contribution in [3.63, 3.8) is 0 Å². The van der Waals surface area contributed by atoms with Crippen molar-refractivity contribution in [1.29, 1.82) is 0 Å². The Kier molecular flexibility index (Phi) is 13.5. The lowest BCUT2D eigenvalue weighted by atomic mass is 9.73. The van der Waals surface area contributed by atoms with Crippen molar-refractivity contribution >= 4 is 16.1 Å². The van der Waals surface area contributed by atoms with Gasteiger partial charge in [0.25, 0.3) is 0 Å². The SMILES string of the molecule is CC(C)(C)OCCCCCC[Si@@](C)(C1CC(C[Si](C)(C)C)C2CCCCC21)C1C2CCCCC2C2CCCCC21.CCC. The highest BCUT2D eigenvalue weighted by atomic mass is 28.3. The van der Waals surface area contributed by atoms with Crippen LogP contribution in [0.5, 0.6) is 0 Å². The Balaban J connectivity index is 0.00000135. The first-order valence-electron chi connectivity index (χ1n) is 20.0. The lowest BCUT2D eigenvalue weighted by molar-refractivity contribution is -0.00471. The smallest absolute Gasteiger partial charge is 0.0598 e. The molecule has 5 aliphatic carbocycles. The molecule has 3 heteroatoms. The van der Waals surface area contributed by atoms with Crippen molar-refractivity contribution in [2.75, 3.05) is 6.61 Å². The zero-order chi connectivity index (χ0) is 31.3. The van der Waals surface area contributed by atoms with Gasteiger partial charge in [0.15, 0.2) is 0 Å². The fourth-order valence-corrected chi connectivity index (χ4v) is 21.6. The van der Waals surface area contributed by atoms with E-state index < -0.39 is 16.1 Å². The van der Waals surface area contributed by atoms with Crippen LogP contribution in [0.3, 0.4) is 0 Å². The molecular formula is C40H78OSi2. The third kappa shape index (κ3) is 9.27. The highest BCUT2D eigenvalue weighted by Gasteiger charge is 2.62. The molecule has 5 aliphatic rings. The van der Waals surface area contributed by atoms with Gasteiger partial charge in [-0.25, -0.2) is 0 Å². The fourth-order valence-electron chi connectivity index (χ4n) is 12.3. The molecule has 0 aromatic rings. The maximum Gasteiger partial charge on any atom is 0.0598 e. The van der Waals surface area contributed by atoms with E-state index in [-0.39, 0.29) is 5.60 Å². The van der Waals surface area contributed by atoms with E-state index in [4.69, 9.17) is 4.74 Å². The van der Waals surface area contributed by atoms with Crippen LogP contribution >= 0.6 is 0 Å². The molecular weight excluding hydrogens is 553 g/mol. The van der Waals surface area contributed by atoms with E-state index in [2.05, 4.69) is 60.8 Å². The predicted octanol–water partition coefficient (Wildman–Crippen LogP) is 13.4. The van der Waals surface area contributed by atoms with Crippen LogP contribution in [-0.2, 0) is 4.74 Å². The molecule has 0 heterocycles. The number of rotatable bonds is 11. The first kappa shape index (κ1) is 36.2. The van der Waals surface area contributed by atoms with Gasteiger partial charge < -0.3 is 4.74 Å². The minimum Gasteiger partial charge on any atom is -0.376 e. The van der Waals surface area contributed by atoms with Gasteiger partial charge in [0.1, 0.15) is 0 Å². The summed E-state index contributed by atoms with van der Waals surface area (Å²) in [4.78, 5) is 0. The zero-order valence-corrected chi connectivity index (χ0v) is 33.0. The summed E-state index contributed by atoms with van der Waals surface area (Å²) in [5.41, 5.74) is 2.37. The summed E-state index contributed by atoms with van der Waals surface area (Å²) in [7, 11) is -2.47. The van der Waals surface area contributed by atoms with Crippen LogP contribution in [0, 0.1) is 41.4 Å². The van der Waals surface area contributed by atoms with Crippen LogP contribution in [0.15, 0.2) is 0 Å². The molecule has 5 rings (SSSR count). The van der Waals surface area contributed by atoms with Crippen molar-refractivity contribution in [2.24, 2.45) is 41.4 Å². The van der Waals surface area contributed by atoms with E-state index in [0.29, 0.717) is 0 Å². The molecule has 252 valence electrons. The molecule has 0 aromatic heterocycles. The van der Waals surface area contributed by atoms with Gasteiger partial charge in [-0.2, -0.15) is 0 Å².